The third-order valence-corrected chi connectivity index (χ3v) is 11.0. The van der Waals surface area contributed by atoms with Crippen molar-refractivity contribution < 1.29 is 52.4 Å². The summed E-state index contributed by atoms with van der Waals surface area (Å²) in [5, 5.41) is 0. The van der Waals surface area contributed by atoms with Crippen molar-refractivity contribution in [3.05, 3.63) is 433 Å². The highest BCUT2D eigenvalue weighted by Crippen LogP contribution is 2.12. The van der Waals surface area contributed by atoms with Crippen molar-refractivity contribution in [2.45, 2.75) is 83.1 Å². The molecule has 0 atom stereocenters. The fraction of sp³-hybridized carbons (Fsp3) is 0.238. The third-order valence-electron chi connectivity index (χ3n) is 11.0. The Bertz CT molecular complexity index is 2890. The van der Waals surface area contributed by atoms with Crippen LogP contribution in [0.3, 0.4) is 0 Å². The predicted octanol–water partition coefficient (Wildman–Crippen LogP) is 25.7. The van der Waals surface area contributed by atoms with Crippen LogP contribution < -0.4 is 0 Å². The van der Waals surface area contributed by atoms with Crippen LogP contribution in [0.2, 0.25) is 0 Å². The summed E-state index contributed by atoms with van der Waals surface area (Å²) in [6, 6.07) is 122. The second-order valence-electron chi connectivity index (χ2n) is 20.2. The van der Waals surface area contributed by atoms with E-state index in [9.17, 15) is 24.0 Å². The quantitative estimate of drug-likeness (QED) is 0.134. The fourth-order valence-corrected chi connectivity index (χ4v) is 6.92. The van der Waals surface area contributed by atoms with Crippen molar-refractivity contribution in [2.75, 3.05) is 85.3 Å². The molecule has 0 saturated heterocycles. The first-order chi connectivity index (χ1) is 54.7. The van der Waals surface area contributed by atoms with E-state index in [-0.39, 0.29) is 28.9 Å². The van der Waals surface area contributed by atoms with Gasteiger partial charge in [0.1, 0.15) is 5.78 Å². The zero-order valence-corrected chi connectivity index (χ0v) is 71.9. The van der Waals surface area contributed by atoms with Gasteiger partial charge in [-0.2, -0.15) is 0 Å². The Labute approximate surface area is 678 Å². The van der Waals surface area contributed by atoms with E-state index in [0.717, 1.165) is 44.5 Å². The molecule has 0 heterocycles. The van der Waals surface area contributed by atoms with Crippen LogP contribution in [0.25, 0.3) is 0 Å². The van der Waals surface area contributed by atoms with Gasteiger partial charge in [0.15, 0.2) is 23.1 Å². The van der Waals surface area contributed by atoms with Crippen LogP contribution in [0.5, 0.6) is 0 Å². The van der Waals surface area contributed by atoms with E-state index < -0.39 is 0 Å². The van der Waals surface area contributed by atoms with E-state index in [2.05, 4.69) is 28.4 Å². The second kappa shape index (κ2) is 102. The molecule has 0 unspecified atom stereocenters. The van der Waals surface area contributed by atoms with Gasteiger partial charge in [-0.25, -0.2) is 0 Å². The Morgan fingerprint density at radius 2 is 0.188 bits per heavy atom. The molecule has 11 nitrogen and oxygen atoms in total. The SMILES string of the molecule is CC.CC.CC.CC.CC.CC(C)=O.COC.COC.COC.COC.COC.COC.O=C(c1ccccc1)c1ccccc1.O=C(c1ccccc1)c1ccccc1.O=C(c1ccccc1)c1ccccc1.O=C(c1ccccc1)c1ccccc1.c1ccccc1.c1ccccc1.c1ccccc1.c1ccccc1. The van der Waals surface area contributed by atoms with Gasteiger partial charge in [-0.15, -0.1) is 0 Å². The monoisotopic (exact) mass is 1530 g/mol. The molecule has 0 radical (unpaired) electrons. The summed E-state index contributed by atoms with van der Waals surface area (Å²) in [6.45, 7) is 23.1. The molecule has 0 spiro atoms. The smallest absolute Gasteiger partial charge is 0.193 e. The summed E-state index contributed by atoms with van der Waals surface area (Å²) in [6.07, 6.45) is 0. The molecule has 606 valence electrons. The zero-order valence-electron chi connectivity index (χ0n) is 71.9. The Morgan fingerprint density at radius 3 is 0.241 bits per heavy atom. The molecule has 0 amide bonds. The van der Waals surface area contributed by atoms with Crippen molar-refractivity contribution in [3.63, 3.8) is 0 Å². The number of hydrogen-bond acceptors (Lipinski definition) is 11. The summed E-state index contributed by atoms with van der Waals surface area (Å²) >= 11 is 0. The number of carbonyl (C=O) groups excluding carboxylic acids is 5. The fourth-order valence-electron chi connectivity index (χ4n) is 6.92. The number of methoxy groups -OCH3 is 6. The molecule has 0 aromatic heterocycles. The van der Waals surface area contributed by atoms with Gasteiger partial charge in [0.25, 0.3) is 0 Å². The first kappa shape index (κ1) is 117. The third kappa shape index (κ3) is 79.8. The number of hydrogen-bond donors (Lipinski definition) is 0. The van der Waals surface area contributed by atoms with E-state index in [1.807, 2.05) is 457 Å². The van der Waals surface area contributed by atoms with Gasteiger partial charge in [-0.3, -0.25) is 19.2 Å². The molecule has 0 aliphatic heterocycles. The summed E-state index contributed by atoms with van der Waals surface area (Å²) in [4.78, 5) is 56.8. The highest BCUT2D eigenvalue weighted by atomic mass is 16.5. The summed E-state index contributed by atoms with van der Waals surface area (Å²) < 4.78 is 25.5. The molecule has 0 saturated carbocycles. The minimum atomic E-state index is 0.0752. The number of rotatable bonds is 8. The molecule has 0 N–H and O–H groups in total. The Kier molecular flexibility index (Phi) is 106. The molecule has 112 heavy (non-hydrogen) atoms. The highest BCUT2D eigenvalue weighted by Gasteiger charge is 2.09. The standard InChI is InChI=1S/4C13H10O.4C6H6.C3H6O.6C2H6O.5C2H6/c4*14-13(11-7-3-1-4-8-11)12-9-5-2-6-10-12;4*1-2-4-6-5-3-1;1-3(2)4;6*1-3-2;5*1-2/h4*1-10H;4*1-6H;1-2H3;6*1-2H3;5*1-2H3. The predicted molar refractivity (Wildman–Crippen MR) is 482 cm³/mol. The van der Waals surface area contributed by atoms with E-state index >= 15 is 0 Å². The van der Waals surface area contributed by atoms with Crippen LogP contribution in [0.15, 0.2) is 388 Å². The topological polar surface area (TPSA) is 141 Å². The van der Waals surface area contributed by atoms with Crippen molar-refractivity contribution >= 4 is 28.9 Å². The molecule has 12 aromatic carbocycles. The molecule has 11 heteroatoms. The molecule has 0 aliphatic carbocycles. The van der Waals surface area contributed by atoms with E-state index in [4.69, 9.17) is 0 Å². The average molecular weight is 1530 g/mol. The van der Waals surface area contributed by atoms with E-state index in [0.29, 0.717) is 0 Å². The summed E-state index contributed by atoms with van der Waals surface area (Å²) in [5.41, 5.74) is 5.88. The van der Waals surface area contributed by atoms with Crippen LogP contribution in [0.4, 0.5) is 0 Å². The lowest BCUT2D eigenvalue weighted by Crippen LogP contribution is -1.99. The van der Waals surface area contributed by atoms with Gasteiger partial charge in [0.05, 0.1) is 0 Å². The maximum absolute atomic E-state index is 11.8. The largest absolute Gasteiger partial charge is 0.388 e. The number of ketones is 5. The summed E-state index contributed by atoms with van der Waals surface area (Å²) in [5.74, 6) is 0.467. The zero-order chi connectivity index (χ0) is 86.0. The van der Waals surface area contributed by atoms with Crippen LogP contribution in [0.1, 0.15) is 147 Å². The van der Waals surface area contributed by atoms with Gasteiger partial charge in [0, 0.05) is 130 Å². The Balaban J connectivity index is -0.000000177. The van der Waals surface area contributed by atoms with Crippen molar-refractivity contribution in [1.29, 1.82) is 0 Å². The minimum absolute atomic E-state index is 0.0752. The Morgan fingerprint density at radius 1 is 0.143 bits per heavy atom. The van der Waals surface area contributed by atoms with E-state index in [1.165, 1.54) is 13.8 Å². The maximum Gasteiger partial charge on any atom is 0.193 e. The van der Waals surface area contributed by atoms with Crippen molar-refractivity contribution in [3.8, 4) is 0 Å². The lowest BCUT2D eigenvalue weighted by Gasteiger charge is -1.99. The van der Waals surface area contributed by atoms with Gasteiger partial charge >= 0.3 is 0 Å². The van der Waals surface area contributed by atoms with Gasteiger partial charge in [-0.1, -0.05) is 457 Å². The minimum Gasteiger partial charge on any atom is -0.388 e. The molecular formula is C101H136O11. The van der Waals surface area contributed by atoms with E-state index in [1.54, 1.807) is 85.3 Å². The number of Topliss-reactive ketones (excluding diaryl/α,β-unsaturated/α-hetero) is 1. The molecule has 12 aromatic rings. The number of carbonyl (C=O) groups is 5. The van der Waals surface area contributed by atoms with Crippen LogP contribution >= 0.6 is 0 Å². The van der Waals surface area contributed by atoms with Crippen LogP contribution in [-0.2, 0) is 33.2 Å². The van der Waals surface area contributed by atoms with Crippen LogP contribution in [0, 0.1) is 0 Å². The first-order valence-corrected chi connectivity index (χ1v) is 37.2. The maximum atomic E-state index is 11.8. The van der Waals surface area contributed by atoms with Gasteiger partial charge < -0.3 is 33.2 Å². The normalized spacial score (nSPS) is 8.04. The van der Waals surface area contributed by atoms with Crippen molar-refractivity contribution in [2.24, 2.45) is 0 Å². The summed E-state index contributed by atoms with van der Waals surface area (Å²) in [7, 11) is 19.5. The number of benzene rings is 12. The highest BCUT2D eigenvalue weighted by molar-refractivity contribution is 6.10. The first-order valence-electron chi connectivity index (χ1n) is 37.2. The lowest BCUT2D eigenvalue weighted by atomic mass is 10.0. The molecule has 0 aliphatic rings. The molecule has 0 fully saturated rings. The van der Waals surface area contributed by atoms with Gasteiger partial charge in [-0.05, 0) is 13.8 Å². The Hall–Kier alpha value is -11.3. The van der Waals surface area contributed by atoms with Gasteiger partial charge in [0.2, 0.25) is 0 Å². The average Bonchev–Trinajstić information content (AvgIpc) is 0.893. The number of ether oxygens (including phenoxy) is 6. The molecular weight excluding hydrogens is 1390 g/mol. The molecule has 12 rings (SSSR count). The van der Waals surface area contributed by atoms with Crippen molar-refractivity contribution in [1.82, 2.24) is 0 Å². The lowest BCUT2D eigenvalue weighted by molar-refractivity contribution is -0.115. The molecule has 0 bridgehead atoms. The van der Waals surface area contributed by atoms with Crippen LogP contribution in [-0.4, -0.2) is 114 Å². The second-order valence-corrected chi connectivity index (χ2v) is 20.2.